The summed E-state index contributed by atoms with van der Waals surface area (Å²) in [5, 5.41) is 0. The second-order valence-corrected chi connectivity index (χ2v) is 5.17. The Bertz CT molecular complexity index is 562. The van der Waals surface area contributed by atoms with Gasteiger partial charge in [0.15, 0.2) is 11.5 Å². The smallest absolute Gasteiger partial charge is 0.161 e. The highest BCUT2D eigenvalue weighted by molar-refractivity contribution is 9.09. The van der Waals surface area contributed by atoms with Crippen LogP contribution in [-0.2, 0) is 0 Å². The van der Waals surface area contributed by atoms with Crippen molar-refractivity contribution in [2.45, 2.75) is 11.8 Å². The highest BCUT2D eigenvalue weighted by Crippen LogP contribution is 2.38. The molecule has 0 N–H and O–H groups in total. The van der Waals surface area contributed by atoms with E-state index in [1.807, 2.05) is 31.2 Å². The number of ether oxygens (including phenoxy) is 2. The third kappa shape index (κ3) is 2.12. The van der Waals surface area contributed by atoms with E-state index in [0.717, 1.165) is 28.4 Å². The zero-order valence-corrected chi connectivity index (χ0v) is 11.6. The fraction of sp³-hybridized carbons (Fsp3) is 0.286. The van der Waals surface area contributed by atoms with Crippen molar-refractivity contribution in [3.8, 4) is 11.5 Å². The molecule has 18 heavy (non-hydrogen) atoms. The Hall–Kier alpha value is -1.42. The molecule has 0 saturated carbocycles. The number of aryl methyl sites for hydroxylation is 1. The first-order chi connectivity index (χ1) is 8.74. The van der Waals surface area contributed by atoms with Gasteiger partial charge >= 0.3 is 0 Å². The van der Waals surface area contributed by atoms with E-state index in [4.69, 9.17) is 13.9 Å². The average molecular weight is 309 g/mol. The summed E-state index contributed by atoms with van der Waals surface area (Å²) >= 11 is 3.68. The Balaban J connectivity index is 1.92. The largest absolute Gasteiger partial charge is 0.486 e. The molecule has 0 spiro atoms. The highest BCUT2D eigenvalue weighted by atomic mass is 79.9. The molecule has 2 heterocycles. The van der Waals surface area contributed by atoms with E-state index in [2.05, 4.69) is 15.9 Å². The van der Waals surface area contributed by atoms with Gasteiger partial charge in [0.25, 0.3) is 0 Å². The van der Waals surface area contributed by atoms with Crippen LogP contribution in [0.15, 0.2) is 34.9 Å². The van der Waals surface area contributed by atoms with Gasteiger partial charge in [-0.05, 0) is 30.7 Å². The molecule has 2 aromatic rings. The first-order valence-corrected chi connectivity index (χ1v) is 6.74. The molecule has 3 rings (SSSR count). The molecule has 1 aromatic carbocycles. The number of fused-ring (bicyclic) bond motifs is 1. The van der Waals surface area contributed by atoms with E-state index in [1.165, 1.54) is 0 Å². The van der Waals surface area contributed by atoms with Crippen molar-refractivity contribution in [2.75, 3.05) is 13.2 Å². The minimum atomic E-state index is 0.103. The quantitative estimate of drug-likeness (QED) is 0.790. The Morgan fingerprint density at radius 3 is 2.56 bits per heavy atom. The van der Waals surface area contributed by atoms with Crippen molar-refractivity contribution >= 4 is 15.9 Å². The molecule has 4 heteroatoms. The summed E-state index contributed by atoms with van der Waals surface area (Å²) < 4.78 is 16.4. The molecule has 0 aliphatic carbocycles. The van der Waals surface area contributed by atoms with E-state index in [9.17, 15) is 0 Å². The van der Waals surface area contributed by atoms with Gasteiger partial charge < -0.3 is 13.9 Å². The Morgan fingerprint density at radius 2 is 1.83 bits per heavy atom. The number of hydrogen-bond acceptors (Lipinski definition) is 3. The van der Waals surface area contributed by atoms with Gasteiger partial charge in [-0.3, -0.25) is 0 Å². The maximum absolute atomic E-state index is 5.59. The predicted octanol–water partition coefficient (Wildman–Crippen LogP) is 3.84. The lowest BCUT2D eigenvalue weighted by atomic mass is 10.1. The maximum atomic E-state index is 5.59. The highest BCUT2D eigenvalue weighted by Gasteiger charge is 2.17. The minimum Gasteiger partial charge on any atom is -0.486 e. The van der Waals surface area contributed by atoms with Crippen molar-refractivity contribution in [1.29, 1.82) is 0 Å². The average Bonchev–Trinajstić information content (AvgIpc) is 2.84. The summed E-state index contributed by atoms with van der Waals surface area (Å²) in [4.78, 5) is 0.103. The summed E-state index contributed by atoms with van der Waals surface area (Å²) in [6, 6.07) is 8.02. The van der Waals surface area contributed by atoms with Gasteiger partial charge in [-0.25, -0.2) is 0 Å². The third-order valence-electron chi connectivity index (χ3n) is 2.90. The number of alkyl halides is 1. The third-order valence-corrected chi connectivity index (χ3v) is 3.96. The van der Waals surface area contributed by atoms with Gasteiger partial charge in [0.1, 0.15) is 19.0 Å². The summed E-state index contributed by atoms with van der Waals surface area (Å²) in [5.74, 6) is 2.53. The molecule has 0 radical (unpaired) electrons. The van der Waals surface area contributed by atoms with E-state index in [1.54, 1.807) is 6.26 Å². The zero-order chi connectivity index (χ0) is 12.5. The second-order valence-electron chi connectivity index (χ2n) is 4.26. The number of halogens is 1. The van der Waals surface area contributed by atoms with Gasteiger partial charge in [-0.2, -0.15) is 0 Å². The van der Waals surface area contributed by atoms with Crippen molar-refractivity contribution < 1.29 is 13.9 Å². The standard InChI is InChI=1S/C14H13BrO3/c1-9-6-11(8-18-9)14(15)10-2-3-12-13(7-10)17-5-4-16-12/h2-3,6-8,14H,4-5H2,1H3. The van der Waals surface area contributed by atoms with Crippen LogP contribution in [0.2, 0.25) is 0 Å². The van der Waals surface area contributed by atoms with Crippen molar-refractivity contribution in [3.05, 3.63) is 47.4 Å². The number of rotatable bonds is 2. The fourth-order valence-corrected chi connectivity index (χ4v) is 2.53. The zero-order valence-electron chi connectivity index (χ0n) is 9.98. The molecule has 0 fully saturated rings. The van der Waals surface area contributed by atoms with Gasteiger partial charge in [0, 0.05) is 5.56 Å². The molecular formula is C14H13BrO3. The lowest BCUT2D eigenvalue weighted by Gasteiger charge is -2.19. The second kappa shape index (κ2) is 4.69. The topological polar surface area (TPSA) is 31.6 Å². The molecule has 1 unspecified atom stereocenters. The molecule has 3 nitrogen and oxygen atoms in total. The van der Waals surface area contributed by atoms with Crippen LogP contribution in [0.1, 0.15) is 21.7 Å². The van der Waals surface area contributed by atoms with Crippen LogP contribution in [0.5, 0.6) is 11.5 Å². The normalized spacial score (nSPS) is 15.4. The fourth-order valence-electron chi connectivity index (χ4n) is 2.01. The molecule has 94 valence electrons. The summed E-state index contributed by atoms with van der Waals surface area (Å²) in [6.07, 6.45) is 1.77. The Labute approximate surface area is 114 Å². The minimum absolute atomic E-state index is 0.103. The van der Waals surface area contributed by atoms with Crippen molar-refractivity contribution in [1.82, 2.24) is 0 Å². The molecular weight excluding hydrogens is 296 g/mol. The molecule has 1 aliphatic heterocycles. The van der Waals surface area contributed by atoms with E-state index in [0.29, 0.717) is 13.2 Å². The van der Waals surface area contributed by atoms with Crippen LogP contribution >= 0.6 is 15.9 Å². The van der Waals surface area contributed by atoms with E-state index >= 15 is 0 Å². The first-order valence-electron chi connectivity index (χ1n) is 5.83. The van der Waals surface area contributed by atoms with Crippen LogP contribution < -0.4 is 9.47 Å². The van der Waals surface area contributed by atoms with Crippen molar-refractivity contribution in [3.63, 3.8) is 0 Å². The van der Waals surface area contributed by atoms with Crippen LogP contribution in [0, 0.1) is 6.92 Å². The Kier molecular flexibility index (Phi) is 3.04. The molecule has 0 bridgehead atoms. The summed E-state index contributed by atoms with van der Waals surface area (Å²) in [7, 11) is 0. The Morgan fingerprint density at radius 1 is 1.06 bits per heavy atom. The molecule has 1 atom stereocenters. The van der Waals surface area contributed by atoms with Gasteiger partial charge in [0.05, 0.1) is 11.1 Å². The van der Waals surface area contributed by atoms with Gasteiger partial charge in [0.2, 0.25) is 0 Å². The van der Waals surface area contributed by atoms with Crippen molar-refractivity contribution in [2.24, 2.45) is 0 Å². The molecule has 1 aliphatic rings. The van der Waals surface area contributed by atoms with Crippen LogP contribution in [0.3, 0.4) is 0 Å². The molecule has 1 aromatic heterocycles. The number of furan rings is 1. The van der Waals surface area contributed by atoms with E-state index < -0.39 is 0 Å². The number of hydrogen-bond donors (Lipinski definition) is 0. The lowest BCUT2D eigenvalue weighted by molar-refractivity contribution is 0.171. The maximum Gasteiger partial charge on any atom is 0.161 e. The number of benzene rings is 1. The monoisotopic (exact) mass is 308 g/mol. The lowest BCUT2D eigenvalue weighted by Crippen LogP contribution is -2.15. The molecule has 0 saturated heterocycles. The summed E-state index contributed by atoms with van der Waals surface area (Å²) in [5.41, 5.74) is 2.23. The van der Waals surface area contributed by atoms with E-state index in [-0.39, 0.29) is 4.83 Å². The summed E-state index contributed by atoms with van der Waals surface area (Å²) in [6.45, 7) is 3.16. The predicted molar refractivity (Wildman–Crippen MR) is 71.6 cm³/mol. The van der Waals surface area contributed by atoms with Gasteiger partial charge in [-0.15, -0.1) is 0 Å². The van der Waals surface area contributed by atoms with Crippen LogP contribution in [-0.4, -0.2) is 13.2 Å². The molecule has 0 amide bonds. The van der Waals surface area contributed by atoms with Crippen LogP contribution in [0.4, 0.5) is 0 Å². The van der Waals surface area contributed by atoms with Gasteiger partial charge in [-0.1, -0.05) is 22.0 Å². The SMILES string of the molecule is Cc1cc(C(Br)c2ccc3c(c2)OCCO3)co1. The first kappa shape index (κ1) is 11.7. The van der Waals surface area contributed by atoms with Crippen LogP contribution in [0.25, 0.3) is 0 Å².